The summed E-state index contributed by atoms with van der Waals surface area (Å²) in [5, 5.41) is 4.00. The van der Waals surface area contributed by atoms with Gasteiger partial charge in [-0.15, -0.1) is 18.2 Å². The first-order chi connectivity index (χ1) is 6.57. The van der Waals surface area contributed by atoms with E-state index in [1.54, 1.807) is 18.0 Å². The van der Waals surface area contributed by atoms with Gasteiger partial charge in [0.15, 0.2) is 0 Å². The van der Waals surface area contributed by atoms with Crippen LogP contribution < -0.4 is 5.32 Å². The van der Waals surface area contributed by atoms with E-state index in [1.165, 1.54) is 0 Å². The van der Waals surface area contributed by atoms with Crippen molar-refractivity contribution >= 4 is 17.7 Å². The zero-order valence-corrected chi connectivity index (χ0v) is 9.35. The van der Waals surface area contributed by atoms with Crippen molar-refractivity contribution in [2.24, 2.45) is 0 Å². The van der Waals surface area contributed by atoms with Gasteiger partial charge >= 0.3 is 0 Å². The summed E-state index contributed by atoms with van der Waals surface area (Å²) in [6.07, 6.45) is 9.04. The molecule has 1 heterocycles. The summed E-state index contributed by atoms with van der Waals surface area (Å²) in [4.78, 5) is 8.36. The quantitative estimate of drug-likeness (QED) is 0.467. The molecule has 0 aromatic carbocycles. The number of rotatable bonds is 3. The van der Waals surface area contributed by atoms with Crippen molar-refractivity contribution in [1.82, 2.24) is 9.97 Å². The van der Waals surface area contributed by atoms with Crippen LogP contribution in [0.2, 0.25) is 0 Å². The van der Waals surface area contributed by atoms with Crippen LogP contribution in [0, 0.1) is 12.3 Å². The van der Waals surface area contributed by atoms with Crippen molar-refractivity contribution < 1.29 is 0 Å². The van der Waals surface area contributed by atoms with Crippen LogP contribution in [0.4, 0.5) is 5.95 Å². The molecule has 4 heteroatoms. The highest BCUT2D eigenvalue weighted by molar-refractivity contribution is 7.98. The van der Waals surface area contributed by atoms with Crippen molar-refractivity contribution in [1.29, 1.82) is 0 Å². The summed E-state index contributed by atoms with van der Waals surface area (Å²) >= 11 is 1.57. The molecule has 0 unspecified atom stereocenters. The molecule has 0 spiro atoms. The van der Waals surface area contributed by atoms with Crippen LogP contribution in [0.15, 0.2) is 17.3 Å². The number of anilines is 1. The summed E-state index contributed by atoms with van der Waals surface area (Å²) < 4.78 is 0. The monoisotopic (exact) mass is 207 g/mol. The molecule has 0 saturated carbocycles. The number of hydrogen-bond acceptors (Lipinski definition) is 4. The molecule has 3 nitrogen and oxygen atoms in total. The van der Waals surface area contributed by atoms with E-state index in [-0.39, 0.29) is 0 Å². The first-order valence-electron chi connectivity index (χ1n) is 4.20. The van der Waals surface area contributed by atoms with Gasteiger partial charge in [0, 0.05) is 6.20 Å². The highest BCUT2D eigenvalue weighted by atomic mass is 32.2. The lowest BCUT2D eigenvalue weighted by Crippen LogP contribution is -2.29. The molecule has 0 aliphatic rings. The lowest BCUT2D eigenvalue weighted by atomic mass is 10.1. The minimum atomic E-state index is -0.420. The molecule has 14 heavy (non-hydrogen) atoms. The molecule has 0 amide bonds. The van der Waals surface area contributed by atoms with Gasteiger partial charge in [-0.3, -0.25) is 0 Å². The van der Waals surface area contributed by atoms with Gasteiger partial charge in [0.05, 0.1) is 5.54 Å². The van der Waals surface area contributed by atoms with Gasteiger partial charge in [-0.2, -0.15) is 0 Å². The maximum absolute atomic E-state index is 5.35. The second-order valence-corrected chi connectivity index (χ2v) is 4.14. The minimum absolute atomic E-state index is 0.420. The Hall–Kier alpha value is -1.21. The molecule has 0 fully saturated rings. The first-order valence-corrected chi connectivity index (χ1v) is 5.43. The second kappa shape index (κ2) is 4.34. The molecule has 0 bridgehead atoms. The summed E-state index contributed by atoms with van der Waals surface area (Å²) in [5.74, 6) is 3.20. The van der Waals surface area contributed by atoms with Crippen LogP contribution in [-0.2, 0) is 0 Å². The Kier molecular flexibility index (Phi) is 3.37. The van der Waals surface area contributed by atoms with E-state index in [0.717, 1.165) is 5.03 Å². The van der Waals surface area contributed by atoms with Crippen LogP contribution in [-0.4, -0.2) is 21.8 Å². The topological polar surface area (TPSA) is 37.8 Å². The molecular formula is C10H13N3S. The number of terminal acetylenes is 1. The van der Waals surface area contributed by atoms with Gasteiger partial charge < -0.3 is 5.32 Å². The second-order valence-electron chi connectivity index (χ2n) is 3.32. The zero-order chi connectivity index (χ0) is 10.6. The fourth-order valence-corrected chi connectivity index (χ4v) is 1.21. The van der Waals surface area contributed by atoms with E-state index < -0.39 is 5.54 Å². The van der Waals surface area contributed by atoms with Crippen molar-refractivity contribution in [2.45, 2.75) is 24.4 Å². The summed E-state index contributed by atoms with van der Waals surface area (Å²) in [5.41, 5.74) is -0.420. The van der Waals surface area contributed by atoms with Crippen LogP contribution >= 0.6 is 11.8 Å². The van der Waals surface area contributed by atoms with Crippen LogP contribution in [0.1, 0.15) is 13.8 Å². The predicted octanol–water partition coefficient (Wildman–Crippen LogP) is 2.02. The third-order valence-electron chi connectivity index (χ3n) is 1.62. The maximum atomic E-state index is 5.35. The highest BCUT2D eigenvalue weighted by Gasteiger charge is 2.14. The largest absolute Gasteiger partial charge is 0.338 e. The molecule has 1 rings (SSSR count). The van der Waals surface area contributed by atoms with E-state index in [9.17, 15) is 0 Å². The molecule has 0 atom stereocenters. The highest BCUT2D eigenvalue weighted by Crippen LogP contribution is 2.14. The van der Waals surface area contributed by atoms with Crippen molar-refractivity contribution in [3.63, 3.8) is 0 Å². The number of nitrogens with one attached hydrogen (secondary N) is 1. The van der Waals surface area contributed by atoms with Gasteiger partial charge in [-0.05, 0) is 26.2 Å². The zero-order valence-electron chi connectivity index (χ0n) is 8.53. The summed E-state index contributed by atoms with van der Waals surface area (Å²) in [7, 11) is 0. The molecule has 0 saturated heterocycles. The molecule has 0 radical (unpaired) electrons. The lowest BCUT2D eigenvalue weighted by Gasteiger charge is -2.19. The molecule has 1 N–H and O–H groups in total. The average Bonchev–Trinajstić information content (AvgIpc) is 2.17. The van der Waals surface area contributed by atoms with Gasteiger partial charge in [0.1, 0.15) is 5.03 Å². The van der Waals surface area contributed by atoms with E-state index in [2.05, 4.69) is 21.2 Å². The number of hydrogen-bond donors (Lipinski definition) is 1. The molecular weight excluding hydrogens is 194 g/mol. The SMILES string of the molecule is C#CC(C)(C)Nc1nccc(SC)n1. The van der Waals surface area contributed by atoms with E-state index in [4.69, 9.17) is 6.42 Å². The van der Waals surface area contributed by atoms with Crippen LogP contribution in [0.5, 0.6) is 0 Å². The van der Waals surface area contributed by atoms with E-state index >= 15 is 0 Å². The van der Waals surface area contributed by atoms with Gasteiger partial charge in [-0.1, -0.05) is 5.92 Å². The average molecular weight is 207 g/mol. The van der Waals surface area contributed by atoms with Crippen molar-refractivity contribution in [3.05, 3.63) is 12.3 Å². The Labute approximate surface area is 88.7 Å². The van der Waals surface area contributed by atoms with Crippen LogP contribution in [0.25, 0.3) is 0 Å². The summed E-state index contributed by atoms with van der Waals surface area (Å²) in [6, 6.07) is 1.86. The Morgan fingerprint density at radius 1 is 1.57 bits per heavy atom. The van der Waals surface area contributed by atoms with E-state index in [1.807, 2.05) is 26.2 Å². The third-order valence-corrected chi connectivity index (χ3v) is 2.27. The van der Waals surface area contributed by atoms with E-state index in [0.29, 0.717) is 5.95 Å². The van der Waals surface area contributed by atoms with Gasteiger partial charge in [0.2, 0.25) is 5.95 Å². The van der Waals surface area contributed by atoms with Crippen LogP contribution in [0.3, 0.4) is 0 Å². The Bertz CT molecular complexity index is 355. The number of nitrogens with zero attached hydrogens (tertiary/aromatic N) is 2. The number of aromatic nitrogens is 2. The molecule has 0 aliphatic heterocycles. The maximum Gasteiger partial charge on any atom is 0.224 e. The fraction of sp³-hybridized carbons (Fsp3) is 0.400. The normalized spacial score (nSPS) is 10.7. The lowest BCUT2D eigenvalue weighted by molar-refractivity contribution is 0.725. The number of thioether (sulfide) groups is 1. The molecule has 1 aromatic rings. The van der Waals surface area contributed by atoms with Gasteiger partial charge in [0.25, 0.3) is 0 Å². The predicted molar refractivity (Wildman–Crippen MR) is 60.3 cm³/mol. The first kappa shape index (κ1) is 10.9. The standard InChI is InChI=1S/C10H13N3S/c1-5-10(2,3)13-9-11-7-6-8(12-9)14-4/h1,6-7H,2-4H3,(H,11,12,13). The smallest absolute Gasteiger partial charge is 0.224 e. The molecule has 1 aromatic heterocycles. The van der Waals surface area contributed by atoms with Crippen molar-refractivity contribution in [3.8, 4) is 12.3 Å². The molecule has 0 aliphatic carbocycles. The Morgan fingerprint density at radius 2 is 2.29 bits per heavy atom. The Balaban J connectivity index is 2.83. The minimum Gasteiger partial charge on any atom is -0.338 e. The van der Waals surface area contributed by atoms with Crippen molar-refractivity contribution in [2.75, 3.05) is 11.6 Å². The third kappa shape index (κ3) is 2.93. The fourth-order valence-electron chi connectivity index (χ4n) is 0.832. The van der Waals surface area contributed by atoms with Gasteiger partial charge in [-0.25, -0.2) is 9.97 Å². The summed E-state index contributed by atoms with van der Waals surface area (Å²) in [6.45, 7) is 3.81. The Morgan fingerprint density at radius 3 is 2.86 bits per heavy atom. The molecule has 74 valence electrons.